The van der Waals surface area contributed by atoms with Gasteiger partial charge in [-0.05, 0) is 0 Å². The molecule has 0 bridgehead atoms. The van der Waals surface area contributed by atoms with Crippen LogP contribution in [0, 0.1) is 10.1 Å². The Hall–Kier alpha value is -0.261. The first-order chi connectivity index (χ1) is 3.65. The van der Waals surface area contributed by atoms with Gasteiger partial charge in [-0.25, -0.2) is 0 Å². The van der Waals surface area contributed by atoms with Gasteiger partial charge in [0, 0.05) is 0 Å². The summed E-state index contributed by atoms with van der Waals surface area (Å²) in [7, 11) is 0. The van der Waals surface area contributed by atoms with Crippen LogP contribution >= 0.6 is 0 Å². The molecule has 8 heavy (non-hydrogen) atoms. The van der Waals surface area contributed by atoms with E-state index in [1.54, 1.807) is 22.5 Å². The van der Waals surface area contributed by atoms with Gasteiger partial charge in [-0.3, -0.25) is 0 Å². The molecule has 0 aliphatic carbocycles. The van der Waals surface area contributed by atoms with Gasteiger partial charge in [-0.1, -0.05) is 0 Å². The summed E-state index contributed by atoms with van der Waals surface area (Å²) in [6, 6.07) is 0. The van der Waals surface area contributed by atoms with Gasteiger partial charge in [-0.15, -0.1) is 10.1 Å². The Morgan fingerprint density at radius 2 is 2.12 bits per heavy atom. The molecule has 0 amide bonds. The third-order valence-electron chi connectivity index (χ3n) is 0.144. The van der Waals surface area contributed by atoms with E-state index in [9.17, 15) is 0 Å². The maximum Gasteiger partial charge on any atom is 0.291 e. The van der Waals surface area contributed by atoms with Crippen molar-refractivity contribution in [2.24, 2.45) is 0 Å². The van der Waals surface area contributed by atoms with Crippen LogP contribution in [0.25, 0.3) is 0 Å². The summed E-state index contributed by atoms with van der Waals surface area (Å²) in [6.07, 6.45) is 1.92. The maximum atomic E-state index is 8.36. The molecule has 0 rings (SSSR count). The Kier molecular flexibility index (Phi) is 13.2. The van der Waals surface area contributed by atoms with Crippen LogP contribution in [0.4, 0.5) is 0 Å². The quantitative estimate of drug-likeness (QED) is 0.303. The fourth-order valence-electron chi connectivity index (χ4n) is 0. The van der Waals surface area contributed by atoms with Gasteiger partial charge >= 0.3 is 39.6 Å². The molecule has 1 N–H and O–H groups in total. The van der Waals surface area contributed by atoms with Crippen LogP contribution in [0.15, 0.2) is 12.7 Å². The average Bonchev–Trinajstić information content (AvgIpc) is 1.65. The van der Waals surface area contributed by atoms with E-state index in [1.165, 1.54) is 4.44 Å². The number of hydrogen-bond donors (Lipinski definition) is 1. The van der Waals surface area contributed by atoms with Crippen LogP contribution in [0.3, 0.4) is 0 Å². The molecule has 0 fully saturated rings. The minimum Gasteiger partial charge on any atom is -0.328 e. The zero-order valence-corrected chi connectivity index (χ0v) is 7.06. The predicted molar refractivity (Wildman–Crippen MR) is 29.5 cm³/mol. The van der Waals surface area contributed by atoms with E-state index in [0.29, 0.717) is 0 Å². The molecule has 0 saturated carbocycles. The van der Waals surface area contributed by atoms with E-state index in [0.717, 1.165) is 0 Å². The molecule has 0 aromatic carbocycles. The number of hydrogen-bond acceptors (Lipinski definition) is 2. The fourth-order valence-corrected chi connectivity index (χ4v) is 0. The van der Waals surface area contributed by atoms with Crippen molar-refractivity contribution < 1.29 is 10.3 Å². The molecule has 0 heterocycles. The third kappa shape index (κ3) is 236. The Balaban J connectivity index is 0. The van der Waals surface area contributed by atoms with E-state index < -0.39 is 5.09 Å². The largest absolute Gasteiger partial charge is 0.328 e. The zero-order chi connectivity index (χ0) is 6.99. The van der Waals surface area contributed by atoms with Crippen LogP contribution in [-0.4, -0.2) is 32.8 Å². The molecule has 3 radical (unpaired) electrons. The summed E-state index contributed by atoms with van der Waals surface area (Å²) in [4.78, 5) is 8.36. The molecule has 0 aromatic rings. The van der Waals surface area contributed by atoms with Crippen LogP contribution in [-0.2, 0) is 0 Å². The molecule has 0 aliphatic rings. The molecule has 0 atom stereocenters. The van der Waals surface area contributed by atoms with Crippen LogP contribution in [0.5, 0.6) is 0 Å². The smallest absolute Gasteiger partial charge is 0.291 e. The average molecular weight is 223 g/mol. The van der Waals surface area contributed by atoms with Crippen molar-refractivity contribution in [1.29, 1.82) is 0 Å². The van der Waals surface area contributed by atoms with Crippen molar-refractivity contribution in [2.45, 2.75) is 4.44 Å². The molecular weight excluding hydrogens is 217 g/mol. The predicted octanol–water partition coefficient (Wildman–Crippen LogP) is 0.411. The fraction of sp³-hybridized carbons (Fsp3) is 0.333. The van der Waals surface area contributed by atoms with Gasteiger partial charge in [0.2, 0.25) is 0 Å². The van der Waals surface area contributed by atoms with Gasteiger partial charge < -0.3 is 5.21 Å². The van der Waals surface area contributed by atoms with Gasteiger partial charge in [0.15, 0.2) is 0 Å². The molecule has 0 aliphatic heterocycles. The molecule has 0 aromatic heterocycles. The summed E-state index contributed by atoms with van der Waals surface area (Å²) in [6.45, 7) is 3.50. The first-order valence-electron chi connectivity index (χ1n) is 1.74. The summed E-state index contributed by atoms with van der Waals surface area (Å²) in [5.74, 6) is 0. The first-order valence-corrected chi connectivity index (χ1v) is 3.75. The third-order valence-corrected chi connectivity index (χ3v) is 0.968. The van der Waals surface area contributed by atoms with E-state index in [2.05, 4.69) is 6.58 Å². The standard InChI is InChI=1S/C3H5.HNO3.Sn/c1-3-2;2-1(3)4;/h3H,1-2H2;(H,2,3,4);. The van der Waals surface area contributed by atoms with Crippen molar-refractivity contribution in [3.63, 3.8) is 0 Å². The van der Waals surface area contributed by atoms with E-state index in [-0.39, 0.29) is 0 Å². The van der Waals surface area contributed by atoms with Crippen molar-refractivity contribution in [2.75, 3.05) is 0 Å². The summed E-state index contributed by atoms with van der Waals surface area (Å²) in [5, 5.41) is 13.6. The Morgan fingerprint density at radius 3 is 2.12 bits per heavy atom. The molecule has 0 spiro atoms. The van der Waals surface area contributed by atoms with Crippen LogP contribution in [0.2, 0.25) is 4.44 Å². The van der Waals surface area contributed by atoms with Gasteiger partial charge in [-0.2, -0.15) is 0 Å². The zero-order valence-electron chi connectivity index (χ0n) is 4.20. The number of allylic oxidation sites excluding steroid dienone is 1. The molecule has 45 valence electrons. The molecule has 0 saturated heterocycles. The Morgan fingerprint density at radius 1 is 2.00 bits per heavy atom. The second-order valence-electron chi connectivity index (χ2n) is 0.731. The monoisotopic (exact) mass is 224 g/mol. The second kappa shape index (κ2) is 9.88. The minimum absolute atomic E-state index is 1.17. The summed E-state index contributed by atoms with van der Waals surface area (Å²) in [5.41, 5.74) is 0. The second-order valence-corrected chi connectivity index (χ2v) is 1.90. The SMILES string of the molecule is C=C[CH2][Sn].O=[N+]([O-])O. The molecule has 5 heteroatoms. The Bertz CT molecular complexity index is 70.9. The van der Waals surface area contributed by atoms with Crippen molar-refractivity contribution >= 4 is 22.5 Å². The van der Waals surface area contributed by atoms with E-state index in [4.69, 9.17) is 15.3 Å². The van der Waals surface area contributed by atoms with E-state index in [1.807, 2.05) is 6.08 Å². The van der Waals surface area contributed by atoms with Gasteiger partial charge in [0.1, 0.15) is 0 Å². The van der Waals surface area contributed by atoms with Gasteiger partial charge in [0.05, 0.1) is 0 Å². The van der Waals surface area contributed by atoms with Crippen molar-refractivity contribution in [3.8, 4) is 0 Å². The molecule has 0 unspecified atom stereocenters. The minimum atomic E-state index is -1.50. The summed E-state index contributed by atoms with van der Waals surface area (Å²) >= 11 is 1.55. The normalized spacial score (nSPS) is 6.12. The van der Waals surface area contributed by atoms with Crippen LogP contribution < -0.4 is 0 Å². The molecular formula is C3H6NO3Sn. The van der Waals surface area contributed by atoms with Crippen LogP contribution in [0.1, 0.15) is 0 Å². The van der Waals surface area contributed by atoms with Crippen molar-refractivity contribution in [3.05, 3.63) is 22.8 Å². The summed E-state index contributed by atoms with van der Waals surface area (Å²) < 4.78 is 1.17. The van der Waals surface area contributed by atoms with Crippen molar-refractivity contribution in [1.82, 2.24) is 0 Å². The number of nitrogens with zero attached hydrogens (tertiary/aromatic N) is 1. The topological polar surface area (TPSA) is 63.4 Å². The number of rotatable bonds is 1. The Labute approximate surface area is 60.4 Å². The molecule has 4 nitrogen and oxygen atoms in total. The van der Waals surface area contributed by atoms with E-state index >= 15 is 0 Å². The maximum absolute atomic E-state index is 8.36. The first kappa shape index (κ1) is 10.7. The van der Waals surface area contributed by atoms with Gasteiger partial charge in [0.25, 0.3) is 5.09 Å².